The number of aromatic nitrogens is 2. The Bertz CT molecular complexity index is 568. The molecule has 0 saturated heterocycles. The standard InChI is InChI=1S/C14H18FN3/c1-3-11(16-2)14-17-12-8-9(15)4-7-13(12)18(14)10-5-6-10/h4,7-8,10-11,16H,3,5-6H2,1-2H3. The minimum atomic E-state index is -0.216. The van der Waals surface area contributed by atoms with Crippen molar-refractivity contribution in [2.45, 2.75) is 38.3 Å². The van der Waals surface area contributed by atoms with E-state index < -0.39 is 0 Å². The maximum absolute atomic E-state index is 13.3. The van der Waals surface area contributed by atoms with Crippen molar-refractivity contribution in [2.75, 3.05) is 7.05 Å². The Kier molecular flexibility index (Phi) is 2.82. The van der Waals surface area contributed by atoms with Crippen LogP contribution in [0.4, 0.5) is 4.39 Å². The lowest BCUT2D eigenvalue weighted by atomic mass is 10.2. The van der Waals surface area contributed by atoms with E-state index >= 15 is 0 Å². The second-order valence-corrected chi connectivity index (χ2v) is 4.95. The van der Waals surface area contributed by atoms with Crippen LogP contribution in [0.2, 0.25) is 0 Å². The van der Waals surface area contributed by atoms with Crippen LogP contribution in [0.15, 0.2) is 18.2 Å². The third kappa shape index (κ3) is 1.81. The maximum Gasteiger partial charge on any atom is 0.127 e. The molecule has 1 fully saturated rings. The van der Waals surface area contributed by atoms with Crippen LogP contribution in [0.3, 0.4) is 0 Å². The predicted molar refractivity (Wildman–Crippen MR) is 70.1 cm³/mol. The molecule has 1 aliphatic rings. The molecule has 0 amide bonds. The Morgan fingerprint density at radius 1 is 1.50 bits per heavy atom. The van der Waals surface area contributed by atoms with Crippen molar-refractivity contribution in [3.8, 4) is 0 Å². The summed E-state index contributed by atoms with van der Waals surface area (Å²) in [5, 5.41) is 3.29. The van der Waals surface area contributed by atoms with Gasteiger partial charge in [0.15, 0.2) is 0 Å². The number of imidazole rings is 1. The largest absolute Gasteiger partial charge is 0.324 e. The molecule has 18 heavy (non-hydrogen) atoms. The molecule has 1 saturated carbocycles. The van der Waals surface area contributed by atoms with Crippen LogP contribution >= 0.6 is 0 Å². The van der Waals surface area contributed by atoms with Crippen LogP contribution in [-0.4, -0.2) is 16.6 Å². The number of halogens is 1. The molecule has 3 rings (SSSR count). The van der Waals surface area contributed by atoms with Crippen LogP contribution in [-0.2, 0) is 0 Å². The van der Waals surface area contributed by atoms with Crippen molar-refractivity contribution < 1.29 is 4.39 Å². The zero-order valence-corrected chi connectivity index (χ0v) is 10.8. The Hall–Kier alpha value is -1.42. The molecule has 2 aromatic rings. The van der Waals surface area contributed by atoms with Crippen molar-refractivity contribution in [3.63, 3.8) is 0 Å². The molecule has 4 heteroatoms. The van der Waals surface area contributed by atoms with Gasteiger partial charge in [-0.2, -0.15) is 0 Å². The Balaban J connectivity index is 2.19. The number of hydrogen-bond acceptors (Lipinski definition) is 2. The van der Waals surface area contributed by atoms with E-state index in [0.717, 1.165) is 23.3 Å². The molecule has 96 valence electrons. The molecular weight excluding hydrogens is 229 g/mol. The molecule has 1 unspecified atom stereocenters. The van der Waals surface area contributed by atoms with E-state index in [1.165, 1.54) is 25.0 Å². The first-order valence-electron chi connectivity index (χ1n) is 6.59. The molecule has 1 aromatic carbocycles. The highest BCUT2D eigenvalue weighted by Gasteiger charge is 2.30. The van der Waals surface area contributed by atoms with E-state index in [0.29, 0.717) is 6.04 Å². The Labute approximate surface area is 106 Å². The summed E-state index contributed by atoms with van der Waals surface area (Å²) < 4.78 is 15.6. The van der Waals surface area contributed by atoms with Gasteiger partial charge in [-0.3, -0.25) is 0 Å². The molecule has 1 atom stereocenters. The summed E-state index contributed by atoms with van der Waals surface area (Å²) in [5.74, 6) is 0.829. The van der Waals surface area contributed by atoms with Crippen LogP contribution in [0.1, 0.15) is 44.1 Å². The molecule has 1 N–H and O–H groups in total. The summed E-state index contributed by atoms with van der Waals surface area (Å²) in [6.07, 6.45) is 3.39. The van der Waals surface area contributed by atoms with Gasteiger partial charge in [0.05, 0.1) is 17.1 Å². The average Bonchev–Trinajstić information content (AvgIpc) is 3.13. The zero-order valence-electron chi connectivity index (χ0n) is 10.8. The Morgan fingerprint density at radius 2 is 2.28 bits per heavy atom. The van der Waals surface area contributed by atoms with Gasteiger partial charge in [-0.25, -0.2) is 9.37 Å². The predicted octanol–water partition coefficient (Wildman–Crippen LogP) is 3.18. The van der Waals surface area contributed by atoms with Crippen LogP contribution < -0.4 is 5.32 Å². The smallest absolute Gasteiger partial charge is 0.127 e. The Morgan fingerprint density at radius 3 is 2.89 bits per heavy atom. The molecule has 0 spiro atoms. The topological polar surface area (TPSA) is 29.9 Å². The molecule has 0 radical (unpaired) electrons. The van der Waals surface area contributed by atoms with E-state index in [1.54, 1.807) is 0 Å². The van der Waals surface area contributed by atoms with Crippen molar-refractivity contribution in [2.24, 2.45) is 0 Å². The van der Waals surface area contributed by atoms with E-state index in [2.05, 4.69) is 21.8 Å². The molecular formula is C14H18FN3. The molecule has 3 nitrogen and oxygen atoms in total. The van der Waals surface area contributed by atoms with Crippen molar-refractivity contribution >= 4 is 11.0 Å². The number of hydrogen-bond donors (Lipinski definition) is 1. The van der Waals surface area contributed by atoms with Gasteiger partial charge < -0.3 is 9.88 Å². The molecule has 0 aliphatic heterocycles. The fourth-order valence-corrected chi connectivity index (χ4v) is 2.57. The third-order valence-electron chi connectivity index (χ3n) is 3.66. The van der Waals surface area contributed by atoms with Gasteiger partial charge in [0.25, 0.3) is 0 Å². The number of fused-ring (bicyclic) bond motifs is 1. The fraction of sp³-hybridized carbons (Fsp3) is 0.500. The third-order valence-corrected chi connectivity index (χ3v) is 3.66. The van der Waals surface area contributed by atoms with E-state index in [4.69, 9.17) is 0 Å². The second kappa shape index (κ2) is 4.35. The maximum atomic E-state index is 13.3. The van der Waals surface area contributed by atoms with Crippen molar-refractivity contribution in [1.29, 1.82) is 0 Å². The van der Waals surface area contributed by atoms with E-state index in [9.17, 15) is 4.39 Å². The van der Waals surface area contributed by atoms with Crippen LogP contribution in [0, 0.1) is 5.82 Å². The lowest BCUT2D eigenvalue weighted by Crippen LogP contribution is -2.19. The van der Waals surface area contributed by atoms with Gasteiger partial charge >= 0.3 is 0 Å². The normalized spacial score (nSPS) is 17.3. The van der Waals surface area contributed by atoms with Crippen LogP contribution in [0.25, 0.3) is 11.0 Å². The highest BCUT2D eigenvalue weighted by molar-refractivity contribution is 5.76. The number of rotatable bonds is 4. The quantitative estimate of drug-likeness (QED) is 0.899. The second-order valence-electron chi connectivity index (χ2n) is 4.95. The first kappa shape index (κ1) is 11.7. The van der Waals surface area contributed by atoms with Crippen molar-refractivity contribution in [1.82, 2.24) is 14.9 Å². The molecule has 0 bridgehead atoms. The average molecular weight is 247 g/mol. The highest BCUT2D eigenvalue weighted by Crippen LogP contribution is 2.40. The molecule has 1 aliphatic carbocycles. The highest BCUT2D eigenvalue weighted by atomic mass is 19.1. The molecule has 1 aromatic heterocycles. The summed E-state index contributed by atoms with van der Waals surface area (Å²) in [6.45, 7) is 2.14. The lowest BCUT2D eigenvalue weighted by molar-refractivity contribution is 0.514. The monoisotopic (exact) mass is 247 g/mol. The van der Waals surface area contributed by atoms with Gasteiger partial charge in [0, 0.05) is 12.1 Å². The summed E-state index contributed by atoms with van der Waals surface area (Å²) in [7, 11) is 1.95. The van der Waals surface area contributed by atoms with Crippen molar-refractivity contribution in [3.05, 3.63) is 29.8 Å². The van der Waals surface area contributed by atoms with Gasteiger partial charge in [0.2, 0.25) is 0 Å². The van der Waals surface area contributed by atoms with E-state index in [1.807, 2.05) is 13.1 Å². The van der Waals surface area contributed by atoms with Crippen LogP contribution in [0.5, 0.6) is 0 Å². The lowest BCUT2D eigenvalue weighted by Gasteiger charge is -2.15. The van der Waals surface area contributed by atoms with Gasteiger partial charge in [-0.05, 0) is 38.4 Å². The number of benzene rings is 1. The summed E-state index contributed by atoms with van der Waals surface area (Å²) in [6, 6.07) is 5.69. The van der Waals surface area contributed by atoms with E-state index in [-0.39, 0.29) is 11.9 Å². The first-order valence-corrected chi connectivity index (χ1v) is 6.59. The van der Waals surface area contributed by atoms with Gasteiger partial charge in [-0.1, -0.05) is 6.92 Å². The van der Waals surface area contributed by atoms with Gasteiger partial charge in [-0.15, -0.1) is 0 Å². The number of nitrogens with zero attached hydrogens (tertiary/aromatic N) is 2. The zero-order chi connectivity index (χ0) is 12.7. The first-order chi connectivity index (χ1) is 8.74. The summed E-state index contributed by atoms with van der Waals surface area (Å²) in [4.78, 5) is 4.64. The SMILES string of the molecule is CCC(NC)c1nc2cc(F)ccc2n1C1CC1. The minimum Gasteiger partial charge on any atom is -0.324 e. The summed E-state index contributed by atoms with van der Waals surface area (Å²) in [5.41, 5.74) is 1.83. The molecule has 1 heterocycles. The number of nitrogens with one attached hydrogen (secondary N) is 1. The fourth-order valence-electron chi connectivity index (χ4n) is 2.57. The van der Waals surface area contributed by atoms with Gasteiger partial charge in [0.1, 0.15) is 11.6 Å². The summed E-state index contributed by atoms with van der Waals surface area (Å²) >= 11 is 0. The minimum absolute atomic E-state index is 0.216.